The molecule has 7 heteroatoms. The number of anilines is 1. The van der Waals surface area contributed by atoms with Gasteiger partial charge in [-0.05, 0) is 19.1 Å². The molecule has 0 aliphatic heterocycles. The molecule has 0 aliphatic rings. The number of aromatic nitrogens is 2. The van der Waals surface area contributed by atoms with Crippen molar-refractivity contribution in [2.45, 2.75) is 6.92 Å². The van der Waals surface area contributed by atoms with E-state index in [9.17, 15) is 9.59 Å². The van der Waals surface area contributed by atoms with Crippen LogP contribution in [0.3, 0.4) is 0 Å². The normalized spacial score (nSPS) is 11.0. The van der Waals surface area contributed by atoms with Crippen LogP contribution in [0.25, 0.3) is 11.5 Å². The number of nitrogens with one attached hydrogen (secondary N) is 1. The van der Waals surface area contributed by atoms with E-state index in [2.05, 4.69) is 15.5 Å². The highest BCUT2D eigenvalue weighted by molar-refractivity contribution is 5.92. The lowest BCUT2D eigenvalue weighted by Gasteiger charge is -2.00. The van der Waals surface area contributed by atoms with E-state index < -0.39 is 18.5 Å². The Hall–Kier alpha value is -3.22. The topological polar surface area (TPSA) is 94.3 Å². The Morgan fingerprint density at radius 2 is 2.00 bits per heavy atom. The molecule has 118 valence electrons. The zero-order valence-electron chi connectivity index (χ0n) is 12.4. The van der Waals surface area contributed by atoms with Crippen molar-refractivity contribution in [3.8, 4) is 11.5 Å². The third kappa shape index (κ3) is 5.24. The maximum Gasteiger partial charge on any atom is 0.331 e. The predicted octanol–water partition coefficient (Wildman–Crippen LogP) is 2.35. The van der Waals surface area contributed by atoms with E-state index in [0.717, 1.165) is 5.56 Å². The molecule has 2 aromatic rings. The van der Waals surface area contributed by atoms with Crippen LogP contribution in [-0.4, -0.2) is 28.7 Å². The van der Waals surface area contributed by atoms with Crippen molar-refractivity contribution in [1.29, 1.82) is 0 Å². The molecule has 1 aromatic heterocycles. The summed E-state index contributed by atoms with van der Waals surface area (Å²) in [7, 11) is 0. The molecule has 0 atom stereocenters. The molecule has 0 saturated carbocycles. The van der Waals surface area contributed by atoms with Gasteiger partial charge in [0.2, 0.25) is 5.89 Å². The number of allylic oxidation sites excluding steroid dienone is 3. The summed E-state index contributed by atoms with van der Waals surface area (Å²) < 4.78 is 10.1. The molecule has 0 saturated heterocycles. The fourth-order valence-corrected chi connectivity index (χ4v) is 1.56. The Morgan fingerprint density at radius 1 is 1.22 bits per heavy atom. The van der Waals surface area contributed by atoms with Crippen molar-refractivity contribution < 1.29 is 18.7 Å². The summed E-state index contributed by atoms with van der Waals surface area (Å²) in [5.74, 6) is -0.901. The van der Waals surface area contributed by atoms with Gasteiger partial charge in [0.15, 0.2) is 6.61 Å². The summed E-state index contributed by atoms with van der Waals surface area (Å²) in [5, 5.41) is 9.90. The molecule has 1 aromatic carbocycles. The molecule has 0 unspecified atom stereocenters. The van der Waals surface area contributed by atoms with Crippen LogP contribution in [0.1, 0.15) is 6.92 Å². The van der Waals surface area contributed by atoms with Crippen molar-refractivity contribution >= 4 is 17.9 Å². The average molecular weight is 313 g/mol. The molecular weight excluding hydrogens is 298 g/mol. The maximum atomic E-state index is 11.6. The Balaban J connectivity index is 1.84. The van der Waals surface area contributed by atoms with E-state index in [1.165, 1.54) is 12.2 Å². The summed E-state index contributed by atoms with van der Waals surface area (Å²) in [6.45, 7) is 1.37. The largest absolute Gasteiger partial charge is 0.452 e. The minimum atomic E-state index is -0.617. The van der Waals surface area contributed by atoms with Gasteiger partial charge in [-0.3, -0.25) is 10.1 Å². The first-order chi connectivity index (χ1) is 11.2. The van der Waals surface area contributed by atoms with Gasteiger partial charge in [-0.25, -0.2) is 4.79 Å². The fourth-order valence-electron chi connectivity index (χ4n) is 1.56. The van der Waals surface area contributed by atoms with Gasteiger partial charge < -0.3 is 9.15 Å². The maximum absolute atomic E-state index is 11.6. The Labute approximate surface area is 132 Å². The minimum absolute atomic E-state index is 0.0608. The molecule has 23 heavy (non-hydrogen) atoms. The standard InChI is InChI=1S/C16H15N3O4/c1-2-3-5-10-14(21)22-11-13(20)17-16-19-18-15(23-16)12-8-6-4-7-9-12/h2-10H,11H2,1H3,(H,17,19,20)/b3-2+,10-5+. The molecule has 7 nitrogen and oxygen atoms in total. The first-order valence-corrected chi connectivity index (χ1v) is 6.84. The molecule has 1 amide bonds. The van der Waals surface area contributed by atoms with Crippen LogP contribution in [0.5, 0.6) is 0 Å². The quantitative estimate of drug-likeness (QED) is 0.500. The number of carbonyl (C=O) groups excluding carboxylic acids is 2. The lowest BCUT2D eigenvalue weighted by atomic mass is 10.2. The Bertz CT molecular complexity index is 720. The van der Waals surface area contributed by atoms with Crippen molar-refractivity contribution in [2.24, 2.45) is 0 Å². The molecule has 1 heterocycles. The zero-order valence-corrected chi connectivity index (χ0v) is 12.4. The zero-order chi connectivity index (χ0) is 16.5. The summed E-state index contributed by atoms with van der Waals surface area (Å²) in [6.07, 6.45) is 6.17. The second-order valence-electron chi connectivity index (χ2n) is 4.32. The van der Waals surface area contributed by atoms with Gasteiger partial charge in [-0.15, -0.1) is 5.10 Å². The first kappa shape index (κ1) is 16.2. The second kappa shape index (κ2) is 8.28. The second-order valence-corrected chi connectivity index (χ2v) is 4.32. The monoisotopic (exact) mass is 313 g/mol. The number of hydrogen-bond acceptors (Lipinski definition) is 6. The van der Waals surface area contributed by atoms with Gasteiger partial charge in [0.1, 0.15) is 0 Å². The SMILES string of the molecule is C/C=C/C=C/C(=O)OCC(=O)Nc1nnc(-c2ccccc2)o1. The van der Waals surface area contributed by atoms with Gasteiger partial charge in [0.05, 0.1) is 0 Å². The molecule has 0 fully saturated rings. The van der Waals surface area contributed by atoms with Crippen LogP contribution in [0.2, 0.25) is 0 Å². The van der Waals surface area contributed by atoms with Gasteiger partial charge >= 0.3 is 12.0 Å². The van der Waals surface area contributed by atoms with E-state index in [1.54, 1.807) is 24.3 Å². The number of amides is 1. The summed E-state index contributed by atoms with van der Waals surface area (Å²) >= 11 is 0. The van der Waals surface area contributed by atoms with Crippen LogP contribution in [0.4, 0.5) is 6.01 Å². The highest BCUT2D eigenvalue weighted by Gasteiger charge is 2.12. The lowest BCUT2D eigenvalue weighted by molar-refractivity contribution is -0.142. The van der Waals surface area contributed by atoms with E-state index in [0.29, 0.717) is 0 Å². The number of rotatable bonds is 6. The van der Waals surface area contributed by atoms with E-state index in [1.807, 2.05) is 25.1 Å². The fraction of sp³-hybridized carbons (Fsp3) is 0.125. The van der Waals surface area contributed by atoms with Gasteiger partial charge in [-0.2, -0.15) is 0 Å². The van der Waals surface area contributed by atoms with E-state index in [4.69, 9.17) is 9.15 Å². The predicted molar refractivity (Wildman–Crippen MR) is 83.3 cm³/mol. The lowest BCUT2D eigenvalue weighted by Crippen LogP contribution is -2.20. The van der Waals surface area contributed by atoms with E-state index in [-0.39, 0.29) is 11.9 Å². The van der Waals surface area contributed by atoms with Crippen molar-refractivity contribution in [1.82, 2.24) is 10.2 Å². The molecule has 0 radical (unpaired) electrons. The molecule has 2 rings (SSSR count). The van der Waals surface area contributed by atoms with Crippen LogP contribution in [0, 0.1) is 0 Å². The highest BCUT2D eigenvalue weighted by Crippen LogP contribution is 2.18. The summed E-state index contributed by atoms with van der Waals surface area (Å²) in [5.41, 5.74) is 0.737. The van der Waals surface area contributed by atoms with Crippen LogP contribution >= 0.6 is 0 Å². The average Bonchev–Trinajstić information content (AvgIpc) is 3.02. The number of benzene rings is 1. The van der Waals surface area contributed by atoms with Gasteiger partial charge in [0, 0.05) is 11.6 Å². The summed E-state index contributed by atoms with van der Waals surface area (Å²) in [6, 6.07) is 9.07. The summed E-state index contributed by atoms with van der Waals surface area (Å²) in [4.78, 5) is 22.9. The molecular formula is C16H15N3O4. The van der Waals surface area contributed by atoms with Crippen molar-refractivity contribution in [3.63, 3.8) is 0 Å². The highest BCUT2D eigenvalue weighted by atomic mass is 16.5. The number of esters is 1. The third-order valence-electron chi connectivity index (χ3n) is 2.57. The Kier molecular flexibility index (Phi) is 5.81. The van der Waals surface area contributed by atoms with Gasteiger partial charge in [0.25, 0.3) is 5.91 Å². The number of carbonyl (C=O) groups is 2. The Morgan fingerprint density at radius 3 is 2.74 bits per heavy atom. The number of nitrogens with zero attached hydrogens (tertiary/aromatic N) is 2. The van der Waals surface area contributed by atoms with Gasteiger partial charge in [-0.1, -0.05) is 41.5 Å². The molecule has 1 N–H and O–H groups in total. The van der Waals surface area contributed by atoms with Crippen LogP contribution in [0.15, 0.2) is 59.1 Å². The molecule has 0 aliphatic carbocycles. The molecule has 0 spiro atoms. The molecule has 0 bridgehead atoms. The first-order valence-electron chi connectivity index (χ1n) is 6.84. The minimum Gasteiger partial charge on any atom is -0.452 e. The van der Waals surface area contributed by atoms with E-state index >= 15 is 0 Å². The van der Waals surface area contributed by atoms with Crippen molar-refractivity contribution in [3.05, 3.63) is 54.6 Å². The van der Waals surface area contributed by atoms with Crippen LogP contribution < -0.4 is 5.32 Å². The third-order valence-corrected chi connectivity index (χ3v) is 2.57. The smallest absolute Gasteiger partial charge is 0.331 e. The number of hydrogen-bond donors (Lipinski definition) is 1. The number of ether oxygens (including phenoxy) is 1. The van der Waals surface area contributed by atoms with Crippen molar-refractivity contribution in [2.75, 3.05) is 11.9 Å². The van der Waals surface area contributed by atoms with Crippen LogP contribution in [-0.2, 0) is 14.3 Å².